The number of carbonyl (C=O) groups excluding carboxylic acids is 1. The monoisotopic (exact) mass is 291 g/mol. The molecule has 0 unspecified atom stereocenters. The Hall–Kier alpha value is -1.51. The smallest absolute Gasteiger partial charge is 0.417 e. The Morgan fingerprint density at radius 1 is 1.05 bits per heavy atom. The summed E-state index contributed by atoms with van der Waals surface area (Å²) in [6.07, 6.45) is 1.74. The van der Waals surface area contributed by atoms with Gasteiger partial charge >= 0.3 is 6.47 Å². The molecule has 0 aliphatic carbocycles. The molecular formula is C18H27O3. The number of para-hydroxylation sites is 1. The van der Waals surface area contributed by atoms with Gasteiger partial charge in [0.15, 0.2) is 0 Å². The van der Waals surface area contributed by atoms with Crippen LogP contribution in [0.1, 0.15) is 53.0 Å². The van der Waals surface area contributed by atoms with Crippen LogP contribution in [-0.2, 0) is 14.9 Å². The first-order chi connectivity index (χ1) is 9.76. The van der Waals surface area contributed by atoms with E-state index in [9.17, 15) is 4.79 Å². The van der Waals surface area contributed by atoms with Crippen molar-refractivity contribution in [3.8, 4) is 5.75 Å². The Morgan fingerprint density at radius 3 is 2.33 bits per heavy atom. The van der Waals surface area contributed by atoms with Gasteiger partial charge in [-0.1, -0.05) is 52.8 Å². The first kappa shape index (κ1) is 17.5. The largest absolute Gasteiger partial charge is 0.493 e. The van der Waals surface area contributed by atoms with E-state index in [4.69, 9.17) is 4.74 Å². The zero-order chi connectivity index (χ0) is 15.9. The molecule has 0 saturated heterocycles. The zero-order valence-electron chi connectivity index (χ0n) is 13.9. The minimum absolute atomic E-state index is 0.0436. The van der Waals surface area contributed by atoms with Gasteiger partial charge in [-0.25, -0.2) is 4.79 Å². The van der Waals surface area contributed by atoms with Crippen molar-refractivity contribution >= 4 is 6.47 Å². The fourth-order valence-corrected chi connectivity index (χ4v) is 2.93. The maximum Gasteiger partial charge on any atom is 0.417 e. The van der Waals surface area contributed by atoms with Gasteiger partial charge in [-0.2, -0.15) is 0 Å². The highest BCUT2D eigenvalue weighted by Gasteiger charge is 2.29. The van der Waals surface area contributed by atoms with Gasteiger partial charge in [0.1, 0.15) is 5.75 Å². The van der Waals surface area contributed by atoms with Crippen molar-refractivity contribution < 1.29 is 14.3 Å². The van der Waals surface area contributed by atoms with E-state index >= 15 is 0 Å². The molecule has 0 spiro atoms. The van der Waals surface area contributed by atoms with Crippen molar-refractivity contribution in [1.29, 1.82) is 0 Å². The van der Waals surface area contributed by atoms with Crippen molar-refractivity contribution in [2.24, 2.45) is 5.41 Å². The van der Waals surface area contributed by atoms with Crippen molar-refractivity contribution in [3.63, 3.8) is 0 Å². The van der Waals surface area contributed by atoms with Crippen molar-refractivity contribution in [1.82, 2.24) is 0 Å². The maximum absolute atomic E-state index is 9.97. The summed E-state index contributed by atoms with van der Waals surface area (Å²) in [5, 5.41) is 0. The first-order valence-electron chi connectivity index (χ1n) is 7.47. The van der Waals surface area contributed by atoms with Gasteiger partial charge in [-0.05, 0) is 28.9 Å². The molecule has 3 heteroatoms. The average molecular weight is 291 g/mol. The first-order valence-corrected chi connectivity index (χ1v) is 7.47. The second kappa shape index (κ2) is 7.48. The van der Waals surface area contributed by atoms with Crippen LogP contribution in [0, 0.1) is 5.41 Å². The topological polar surface area (TPSA) is 35.5 Å². The van der Waals surface area contributed by atoms with E-state index < -0.39 is 0 Å². The Morgan fingerprint density at radius 2 is 1.71 bits per heavy atom. The third kappa shape index (κ3) is 6.19. The van der Waals surface area contributed by atoms with E-state index in [2.05, 4.69) is 51.5 Å². The van der Waals surface area contributed by atoms with E-state index in [0.717, 1.165) is 12.2 Å². The van der Waals surface area contributed by atoms with E-state index in [1.54, 1.807) is 0 Å². The summed E-state index contributed by atoms with van der Waals surface area (Å²) < 4.78 is 10.4. The van der Waals surface area contributed by atoms with Crippen molar-refractivity contribution in [2.75, 3.05) is 13.2 Å². The molecule has 0 N–H and O–H groups in total. The molecule has 21 heavy (non-hydrogen) atoms. The lowest BCUT2D eigenvalue weighted by Gasteiger charge is -2.34. The molecule has 0 fully saturated rings. The summed E-state index contributed by atoms with van der Waals surface area (Å²) >= 11 is 0. The standard InChI is InChI=1S/C18H27O3/c1-17(2,3)13-18(4,5)15-9-6-7-10-16(15)21-12-8-11-20-14-19/h6-7,9-10H,8,11-13H2,1-5H3. The molecule has 1 aromatic rings. The SMILES string of the molecule is CC(C)(C)CC(C)(C)c1ccccc1OCCCO[C]=O. The lowest BCUT2D eigenvalue weighted by molar-refractivity contribution is 0.224. The van der Waals surface area contributed by atoms with Crippen molar-refractivity contribution in [3.05, 3.63) is 29.8 Å². The van der Waals surface area contributed by atoms with Crippen LogP contribution in [0.3, 0.4) is 0 Å². The lowest BCUT2D eigenvalue weighted by Crippen LogP contribution is -2.25. The fourth-order valence-electron chi connectivity index (χ4n) is 2.93. The van der Waals surface area contributed by atoms with E-state index in [1.807, 2.05) is 12.1 Å². The summed E-state index contributed by atoms with van der Waals surface area (Å²) in [4.78, 5) is 9.97. The van der Waals surface area contributed by atoms with Gasteiger partial charge in [0.2, 0.25) is 0 Å². The van der Waals surface area contributed by atoms with Gasteiger partial charge in [0.25, 0.3) is 0 Å². The molecule has 0 heterocycles. The highest BCUT2D eigenvalue weighted by atomic mass is 16.5. The molecule has 0 aliphatic rings. The lowest BCUT2D eigenvalue weighted by atomic mass is 9.72. The Balaban J connectivity index is 2.76. The molecule has 1 radical (unpaired) electrons. The van der Waals surface area contributed by atoms with Gasteiger partial charge < -0.3 is 9.47 Å². The van der Waals surface area contributed by atoms with Gasteiger partial charge in [0, 0.05) is 6.42 Å². The summed E-state index contributed by atoms with van der Waals surface area (Å²) in [5.74, 6) is 0.918. The molecule has 0 amide bonds. The van der Waals surface area contributed by atoms with Crippen LogP contribution in [0.25, 0.3) is 0 Å². The number of benzene rings is 1. The zero-order valence-corrected chi connectivity index (χ0v) is 13.9. The maximum atomic E-state index is 9.97. The molecule has 117 valence electrons. The number of hydrogen-bond acceptors (Lipinski definition) is 3. The number of rotatable bonds is 8. The molecular weight excluding hydrogens is 264 g/mol. The van der Waals surface area contributed by atoms with E-state index in [0.29, 0.717) is 19.6 Å². The van der Waals surface area contributed by atoms with Crippen molar-refractivity contribution in [2.45, 2.75) is 52.9 Å². The van der Waals surface area contributed by atoms with E-state index in [1.165, 1.54) is 12.0 Å². The van der Waals surface area contributed by atoms with Crippen LogP contribution < -0.4 is 4.74 Å². The van der Waals surface area contributed by atoms with E-state index in [-0.39, 0.29) is 10.8 Å². The summed E-state index contributed by atoms with van der Waals surface area (Å²) in [7, 11) is 0. The van der Waals surface area contributed by atoms with Gasteiger partial charge in [0.05, 0.1) is 13.2 Å². The molecule has 1 aromatic carbocycles. The molecule has 0 bridgehead atoms. The second-order valence-corrected chi connectivity index (χ2v) is 7.25. The molecule has 1 rings (SSSR count). The van der Waals surface area contributed by atoms with Crippen LogP contribution in [0.4, 0.5) is 0 Å². The Bertz CT molecular complexity index is 444. The summed E-state index contributed by atoms with van der Waals surface area (Å²) in [5.41, 5.74) is 1.52. The third-order valence-electron chi connectivity index (χ3n) is 3.30. The molecule has 0 saturated carbocycles. The van der Waals surface area contributed by atoms with Crippen LogP contribution >= 0.6 is 0 Å². The molecule has 3 nitrogen and oxygen atoms in total. The number of hydrogen-bond donors (Lipinski definition) is 0. The normalized spacial score (nSPS) is 12.0. The van der Waals surface area contributed by atoms with Crippen LogP contribution in [0.2, 0.25) is 0 Å². The molecule has 0 atom stereocenters. The summed E-state index contributed by atoms with van der Waals surface area (Å²) in [6, 6.07) is 8.18. The fraction of sp³-hybridized carbons (Fsp3) is 0.611. The second-order valence-electron chi connectivity index (χ2n) is 7.25. The van der Waals surface area contributed by atoms with Crippen LogP contribution in [0.5, 0.6) is 5.75 Å². The molecule has 0 aromatic heterocycles. The molecule has 0 aliphatic heterocycles. The predicted molar refractivity (Wildman–Crippen MR) is 85.3 cm³/mol. The Labute approximate surface area is 128 Å². The highest BCUT2D eigenvalue weighted by molar-refractivity contribution is 5.39. The van der Waals surface area contributed by atoms with Gasteiger partial charge in [-0.3, -0.25) is 0 Å². The van der Waals surface area contributed by atoms with Gasteiger partial charge in [-0.15, -0.1) is 0 Å². The highest BCUT2D eigenvalue weighted by Crippen LogP contribution is 2.40. The Kier molecular flexibility index (Phi) is 6.25. The predicted octanol–water partition coefficient (Wildman–Crippen LogP) is 4.25. The average Bonchev–Trinajstić information content (AvgIpc) is 2.36. The quantitative estimate of drug-likeness (QED) is 0.672. The minimum Gasteiger partial charge on any atom is -0.493 e. The van der Waals surface area contributed by atoms with Crippen LogP contribution in [0.15, 0.2) is 24.3 Å². The third-order valence-corrected chi connectivity index (χ3v) is 3.30. The minimum atomic E-state index is 0.0436. The van der Waals surface area contributed by atoms with Crippen LogP contribution in [-0.4, -0.2) is 19.7 Å². The summed E-state index contributed by atoms with van der Waals surface area (Å²) in [6.45, 7) is 13.6. The number of ether oxygens (including phenoxy) is 2.